The highest BCUT2D eigenvalue weighted by Crippen LogP contribution is 2.36. The molecule has 1 fully saturated rings. The van der Waals surface area contributed by atoms with Crippen LogP contribution < -0.4 is 19.5 Å². The molecule has 1 aliphatic rings. The molecule has 8 nitrogen and oxygen atoms in total. The summed E-state index contributed by atoms with van der Waals surface area (Å²) >= 11 is 1.44. The smallest absolute Gasteiger partial charge is 0.302 e. The van der Waals surface area contributed by atoms with E-state index in [1.54, 1.807) is 24.4 Å². The number of nitrogens with two attached hydrogens (primary N) is 1. The molecule has 0 spiro atoms. The van der Waals surface area contributed by atoms with Crippen LogP contribution in [0.15, 0.2) is 60.1 Å². The highest BCUT2D eigenvalue weighted by atomic mass is 32.2. The molecule has 156 valence electrons. The molecular weight excluding hydrogens is 424 g/mol. The molecule has 2 aromatic carbocycles. The van der Waals surface area contributed by atoms with E-state index in [4.69, 9.17) is 10.5 Å². The number of rotatable bonds is 7. The molecule has 0 bridgehead atoms. The van der Waals surface area contributed by atoms with Crippen LogP contribution in [-0.4, -0.2) is 32.3 Å². The van der Waals surface area contributed by atoms with E-state index in [1.165, 1.54) is 11.3 Å². The van der Waals surface area contributed by atoms with E-state index in [0.717, 1.165) is 20.4 Å². The normalized spacial score (nSPS) is 18.8. The minimum atomic E-state index is -3.85. The van der Waals surface area contributed by atoms with E-state index in [0.29, 0.717) is 17.7 Å². The Balaban J connectivity index is 1.70. The van der Waals surface area contributed by atoms with Crippen molar-refractivity contribution in [3.8, 4) is 5.75 Å². The zero-order chi connectivity index (χ0) is 21.1. The minimum Gasteiger partial charge on any atom is -0.487 e. The van der Waals surface area contributed by atoms with E-state index < -0.39 is 22.3 Å². The quantitative estimate of drug-likeness (QED) is 0.539. The van der Waals surface area contributed by atoms with Gasteiger partial charge in [0, 0.05) is 11.6 Å². The van der Waals surface area contributed by atoms with E-state index in [-0.39, 0.29) is 13.2 Å². The van der Waals surface area contributed by atoms with Crippen molar-refractivity contribution in [2.75, 3.05) is 10.8 Å². The second-order valence-corrected chi connectivity index (χ2v) is 9.30. The molecule has 1 aliphatic heterocycles. The first-order valence-electron chi connectivity index (χ1n) is 9.19. The molecule has 1 saturated heterocycles. The molecule has 10 heteroatoms. The fraction of sp³-hybridized carbons (Fsp3) is 0.200. The Morgan fingerprint density at radius 2 is 2.10 bits per heavy atom. The molecule has 0 radical (unpaired) electrons. The van der Waals surface area contributed by atoms with E-state index in [9.17, 15) is 13.2 Å². The van der Waals surface area contributed by atoms with Crippen molar-refractivity contribution in [1.29, 1.82) is 0 Å². The van der Waals surface area contributed by atoms with Gasteiger partial charge in [-0.25, -0.2) is 4.98 Å². The van der Waals surface area contributed by atoms with E-state index in [1.807, 2.05) is 35.7 Å². The number of anilines is 1. The van der Waals surface area contributed by atoms with Crippen molar-refractivity contribution in [2.45, 2.75) is 18.7 Å². The molecule has 4 rings (SSSR count). The summed E-state index contributed by atoms with van der Waals surface area (Å²) in [5.41, 5.74) is 8.36. The van der Waals surface area contributed by atoms with Gasteiger partial charge in [0.25, 0.3) is 0 Å². The summed E-state index contributed by atoms with van der Waals surface area (Å²) in [5, 5.41) is 2.59. The van der Waals surface area contributed by atoms with Crippen LogP contribution in [0.5, 0.6) is 5.75 Å². The number of hydrogen-bond donors (Lipinski definition) is 2. The highest BCUT2D eigenvalue weighted by molar-refractivity contribution is 7.91. The third-order valence-corrected chi connectivity index (χ3v) is 7.07. The van der Waals surface area contributed by atoms with Gasteiger partial charge in [-0.15, -0.1) is 11.3 Å². The maximum atomic E-state index is 12.5. The van der Waals surface area contributed by atoms with Crippen LogP contribution in [0.1, 0.15) is 22.2 Å². The summed E-state index contributed by atoms with van der Waals surface area (Å²) < 4.78 is 34.5. The molecule has 30 heavy (non-hydrogen) atoms. The minimum absolute atomic E-state index is 0.00852. The number of nitrogens with zero attached hydrogens (tertiary/aromatic N) is 2. The molecule has 0 saturated carbocycles. The Hall–Kier alpha value is -2.79. The maximum absolute atomic E-state index is 12.5. The Kier molecular flexibility index (Phi) is 5.82. The molecule has 0 aliphatic carbocycles. The van der Waals surface area contributed by atoms with Crippen LogP contribution in [0.2, 0.25) is 0 Å². The topological polar surface area (TPSA) is 115 Å². The molecule has 0 amide bonds. The first kappa shape index (κ1) is 20.5. The third-order valence-electron chi connectivity index (χ3n) is 4.68. The second-order valence-electron chi connectivity index (χ2n) is 6.75. The summed E-state index contributed by atoms with van der Waals surface area (Å²) in [4.78, 5) is 15.4. The number of nitrogens with one attached hydrogen (secondary N) is 1. The lowest BCUT2D eigenvalue weighted by molar-refractivity contribution is -0.108. The number of thiazole rings is 1. The highest BCUT2D eigenvalue weighted by Gasteiger charge is 2.37. The Morgan fingerprint density at radius 1 is 1.30 bits per heavy atom. The Bertz CT molecular complexity index is 1120. The number of carbonyl (C=O) groups is 1. The van der Waals surface area contributed by atoms with Gasteiger partial charge in [0.1, 0.15) is 23.7 Å². The first-order valence-corrected chi connectivity index (χ1v) is 11.5. The first-order chi connectivity index (χ1) is 14.5. The van der Waals surface area contributed by atoms with Gasteiger partial charge in [-0.3, -0.25) is 4.31 Å². The number of aromatic nitrogens is 1. The summed E-state index contributed by atoms with van der Waals surface area (Å²) in [6, 6.07) is 13.4. The van der Waals surface area contributed by atoms with Gasteiger partial charge in [0.2, 0.25) is 0 Å². The number of hydrogen-bond acceptors (Lipinski definition) is 7. The summed E-state index contributed by atoms with van der Waals surface area (Å²) in [6.07, 6.45) is 2.26. The van der Waals surface area contributed by atoms with Gasteiger partial charge in [-0.05, 0) is 23.3 Å². The second kappa shape index (κ2) is 8.52. The number of ether oxygens (including phenoxy) is 1. The van der Waals surface area contributed by atoms with Gasteiger partial charge in [0.15, 0.2) is 0 Å². The molecule has 2 heterocycles. The molecule has 3 N–H and O–H groups in total. The van der Waals surface area contributed by atoms with Crippen molar-refractivity contribution in [1.82, 2.24) is 9.71 Å². The van der Waals surface area contributed by atoms with Crippen LogP contribution in [-0.2, 0) is 21.6 Å². The van der Waals surface area contributed by atoms with Crippen LogP contribution in [0.25, 0.3) is 0 Å². The van der Waals surface area contributed by atoms with E-state index in [2.05, 4.69) is 9.71 Å². The molecule has 2 atom stereocenters. The van der Waals surface area contributed by atoms with Crippen molar-refractivity contribution in [3.05, 3.63) is 76.2 Å². The third kappa shape index (κ3) is 4.21. The van der Waals surface area contributed by atoms with Crippen LogP contribution in [0.3, 0.4) is 0 Å². The number of benzene rings is 2. The predicted molar refractivity (Wildman–Crippen MR) is 115 cm³/mol. The number of carbonyl (C=O) groups excluding carboxylic acids is 1. The SMILES string of the molecule is NC(c1ccc(N2CC(C=O)NS2(=O)=O)c(OCc2ccccc2)c1)c1nccs1. The van der Waals surface area contributed by atoms with Crippen LogP contribution >= 0.6 is 11.3 Å². The lowest BCUT2D eigenvalue weighted by atomic mass is 10.1. The Labute approximate surface area is 178 Å². The van der Waals surface area contributed by atoms with Gasteiger partial charge in [0.05, 0.1) is 24.3 Å². The average molecular weight is 445 g/mol. The fourth-order valence-corrected chi connectivity index (χ4v) is 5.25. The van der Waals surface area contributed by atoms with Crippen LogP contribution in [0.4, 0.5) is 5.69 Å². The lowest BCUT2D eigenvalue weighted by Crippen LogP contribution is -2.30. The standard InChI is InChI=1S/C20H20N4O4S2/c21-19(20-22-8-9-29-20)15-6-7-17(24-11-16(12-25)23-30(24,26)27)18(10-15)28-13-14-4-2-1-3-5-14/h1-10,12,16,19,23H,11,13,21H2. The van der Waals surface area contributed by atoms with Crippen molar-refractivity contribution >= 4 is 33.5 Å². The average Bonchev–Trinajstić information content (AvgIpc) is 3.40. The van der Waals surface area contributed by atoms with Crippen molar-refractivity contribution < 1.29 is 17.9 Å². The van der Waals surface area contributed by atoms with Gasteiger partial charge in [-0.1, -0.05) is 36.4 Å². The predicted octanol–water partition coefficient (Wildman–Crippen LogP) is 1.99. The largest absolute Gasteiger partial charge is 0.487 e. The molecular formula is C20H20N4O4S2. The summed E-state index contributed by atoms with van der Waals surface area (Å²) in [5.74, 6) is 0.361. The monoisotopic (exact) mass is 444 g/mol. The molecule has 3 aromatic rings. The van der Waals surface area contributed by atoms with E-state index >= 15 is 0 Å². The Morgan fingerprint density at radius 3 is 2.77 bits per heavy atom. The van der Waals surface area contributed by atoms with Crippen molar-refractivity contribution in [3.63, 3.8) is 0 Å². The van der Waals surface area contributed by atoms with Gasteiger partial charge in [-0.2, -0.15) is 13.1 Å². The molecule has 2 unspecified atom stereocenters. The zero-order valence-electron chi connectivity index (χ0n) is 15.8. The van der Waals surface area contributed by atoms with Crippen molar-refractivity contribution in [2.24, 2.45) is 5.73 Å². The molecule has 1 aromatic heterocycles. The summed E-state index contributed by atoms with van der Waals surface area (Å²) in [7, 11) is -3.85. The van der Waals surface area contributed by atoms with Gasteiger partial charge < -0.3 is 15.3 Å². The van der Waals surface area contributed by atoms with Gasteiger partial charge >= 0.3 is 10.2 Å². The fourth-order valence-electron chi connectivity index (χ4n) is 3.18. The zero-order valence-corrected chi connectivity index (χ0v) is 17.5. The lowest BCUT2D eigenvalue weighted by Gasteiger charge is -2.21. The summed E-state index contributed by atoms with van der Waals surface area (Å²) in [6.45, 7) is 0.244. The number of aldehydes is 1. The van der Waals surface area contributed by atoms with Crippen LogP contribution in [0, 0.1) is 0 Å². The maximum Gasteiger partial charge on any atom is 0.302 e.